The molecule has 4 rings (SSSR count). The number of hydrogen-bond donors (Lipinski definition) is 2. The molecule has 0 bridgehead atoms. The van der Waals surface area contributed by atoms with Crippen molar-refractivity contribution in [3.05, 3.63) is 36.0 Å². The highest BCUT2D eigenvalue weighted by atomic mass is 16.5. The number of hydrogen-bond acceptors (Lipinski definition) is 5. The number of aliphatic hydroxyl groups is 1. The molecule has 2 N–H and O–H groups in total. The lowest BCUT2D eigenvalue weighted by Gasteiger charge is -2.39. The minimum atomic E-state index is -0.713. The van der Waals surface area contributed by atoms with Gasteiger partial charge in [0.15, 0.2) is 0 Å². The smallest absolute Gasteiger partial charge is 0.303 e. The molecule has 2 aliphatic rings. The fraction of sp³-hybridized carbons (Fsp3) is 0.630. The monoisotopic (exact) mass is 454 g/mol. The van der Waals surface area contributed by atoms with Crippen molar-refractivity contribution >= 4 is 16.9 Å². The largest absolute Gasteiger partial charge is 0.497 e. The number of piperidine rings is 1. The van der Waals surface area contributed by atoms with E-state index in [-0.39, 0.29) is 12.3 Å². The lowest BCUT2D eigenvalue weighted by atomic mass is 9.79. The number of rotatable bonds is 10. The molecule has 6 heteroatoms. The molecule has 1 aliphatic carbocycles. The van der Waals surface area contributed by atoms with Gasteiger partial charge < -0.3 is 19.8 Å². The Morgan fingerprint density at radius 2 is 2.00 bits per heavy atom. The maximum absolute atomic E-state index is 11.6. The molecule has 3 atom stereocenters. The summed E-state index contributed by atoms with van der Waals surface area (Å²) >= 11 is 0. The van der Waals surface area contributed by atoms with Crippen molar-refractivity contribution in [1.82, 2.24) is 9.88 Å². The lowest BCUT2D eigenvalue weighted by Crippen LogP contribution is -2.42. The van der Waals surface area contributed by atoms with Gasteiger partial charge in [-0.05, 0) is 86.4 Å². The van der Waals surface area contributed by atoms with Gasteiger partial charge in [0.25, 0.3) is 0 Å². The second-order valence-electron chi connectivity index (χ2n) is 10.0. The van der Waals surface area contributed by atoms with Crippen molar-refractivity contribution in [3.63, 3.8) is 0 Å². The summed E-state index contributed by atoms with van der Waals surface area (Å²) in [5, 5.41) is 21.5. The first-order chi connectivity index (χ1) is 16.0. The number of carboxylic acids is 1. The highest BCUT2D eigenvalue weighted by Crippen LogP contribution is 2.35. The molecular formula is C27H38N2O4. The third-order valence-corrected chi connectivity index (χ3v) is 7.89. The van der Waals surface area contributed by atoms with E-state index >= 15 is 0 Å². The summed E-state index contributed by atoms with van der Waals surface area (Å²) < 4.78 is 5.36. The van der Waals surface area contributed by atoms with Gasteiger partial charge in [-0.1, -0.05) is 25.7 Å². The van der Waals surface area contributed by atoms with Crippen LogP contribution in [0, 0.1) is 17.8 Å². The van der Waals surface area contributed by atoms with Gasteiger partial charge in [0, 0.05) is 24.5 Å². The van der Waals surface area contributed by atoms with Crippen molar-refractivity contribution in [2.24, 2.45) is 17.8 Å². The summed E-state index contributed by atoms with van der Waals surface area (Å²) in [5.41, 5.74) is 1.70. The molecule has 6 nitrogen and oxygen atoms in total. The van der Waals surface area contributed by atoms with Gasteiger partial charge >= 0.3 is 5.97 Å². The van der Waals surface area contributed by atoms with Crippen LogP contribution < -0.4 is 4.74 Å². The number of nitrogens with zero attached hydrogens (tertiary/aromatic N) is 2. The van der Waals surface area contributed by atoms with Crippen molar-refractivity contribution < 1.29 is 19.7 Å². The van der Waals surface area contributed by atoms with E-state index in [0.29, 0.717) is 12.3 Å². The van der Waals surface area contributed by atoms with E-state index in [1.54, 1.807) is 13.3 Å². The first kappa shape index (κ1) is 24.0. The molecule has 2 fully saturated rings. The van der Waals surface area contributed by atoms with Gasteiger partial charge in [-0.15, -0.1) is 0 Å². The van der Waals surface area contributed by atoms with Crippen molar-refractivity contribution in [2.45, 2.75) is 63.9 Å². The van der Waals surface area contributed by atoms with Gasteiger partial charge in [0.05, 0.1) is 18.7 Å². The Labute approximate surface area is 197 Å². The predicted octanol–water partition coefficient (Wildman–Crippen LogP) is 5.05. The Morgan fingerprint density at radius 3 is 2.76 bits per heavy atom. The third-order valence-electron chi connectivity index (χ3n) is 7.89. The predicted molar refractivity (Wildman–Crippen MR) is 129 cm³/mol. The van der Waals surface area contributed by atoms with Crippen LogP contribution in [0.4, 0.5) is 0 Å². The minimum absolute atomic E-state index is 0.154. The summed E-state index contributed by atoms with van der Waals surface area (Å²) in [6, 6.07) is 7.60. The van der Waals surface area contributed by atoms with Crippen LogP contribution in [0.15, 0.2) is 30.5 Å². The number of fused-ring (bicyclic) bond motifs is 1. The summed E-state index contributed by atoms with van der Waals surface area (Å²) in [6.45, 7) is 3.01. The van der Waals surface area contributed by atoms with Crippen LogP contribution in [0.3, 0.4) is 0 Å². The van der Waals surface area contributed by atoms with Crippen LogP contribution in [0.25, 0.3) is 10.9 Å². The lowest BCUT2D eigenvalue weighted by molar-refractivity contribution is -0.139. The molecule has 1 aromatic heterocycles. The molecule has 0 radical (unpaired) electrons. The van der Waals surface area contributed by atoms with Crippen LogP contribution in [-0.4, -0.2) is 52.8 Å². The normalized spacial score (nSPS) is 23.1. The van der Waals surface area contributed by atoms with Gasteiger partial charge in [-0.3, -0.25) is 9.78 Å². The molecule has 1 saturated heterocycles. The zero-order chi connectivity index (χ0) is 23.2. The molecular weight excluding hydrogens is 416 g/mol. The van der Waals surface area contributed by atoms with Crippen LogP contribution in [0.5, 0.6) is 5.75 Å². The Hall–Kier alpha value is -2.18. The standard InChI is InChI=1S/C27H38N2O4/c1-33-22-7-8-25-24(17-22)23(10-13-28-25)26(30)9-6-20-12-15-29(18-21(20)16-27(31)32)14-11-19-4-2-3-5-19/h7-8,10,13,17,19-21,26,30H,2-6,9,11-12,14-16,18H2,1H3,(H,31,32)/t20-,21+,26+/m1/s1. The fourth-order valence-electron chi connectivity index (χ4n) is 5.95. The average Bonchev–Trinajstić information content (AvgIpc) is 3.34. The first-order valence-electron chi connectivity index (χ1n) is 12.6. The summed E-state index contributed by atoms with van der Waals surface area (Å²) in [4.78, 5) is 18.5. The van der Waals surface area contributed by atoms with Crippen LogP contribution in [0.2, 0.25) is 0 Å². The first-order valence-corrected chi connectivity index (χ1v) is 12.6. The zero-order valence-electron chi connectivity index (χ0n) is 19.8. The zero-order valence-corrected chi connectivity index (χ0v) is 19.8. The summed E-state index contributed by atoms with van der Waals surface area (Å²) in [5.74, 6) is 1.39. The van der Waals surface area contributed by atoms with E-state index in [1.807, 2.05) is 24.3 Å². The molecule has 2 heterocycles. The molecule has 0 spiro atoms. The maximum Gasteiger partial charge on any atom is 0.303 e. The minimum Gasteiger partial charge on any atom is -0.497 e. The number of benzene rings is 1. The molecule has 2 aromatic rings. The molecule has 180 valence electrons. The van der Waals surface area contributed by atoms with Crippen LogP contribution >= 0.6 is 0 Å². The van der Waals surface area contributed by atoms with E-state index < -0.39 is 12.1 Å². The van der Waals surface area contributed by atoms with Crippen molar-refractivity contribution in [1.29, 1.82) is 0 Å². The summed E-state index contributed by atoms with van der Waals surface area (Å²) in [6.07, 6.45) is 10.6. The number of aliphatic carboxylic acids is 1. The van der Waals surface area contributed by atoms with Gasteiger partial charge in [0.2, 0.25) is 0 Å². The molecule has 1 saturated carbocycles. The number of likely N-dealkylation sites (tertiary alicyclic amines) is 1. The SMILES string of the molecule is COc1ccc2nccc([C@@H](O)CC[C@@H]3CCN(CCC4CCCC4)C[C@@H]3CC(=O)O)c2c1. The molecule has 1 aliphatic heterocycles. The number of carboxylic acid groups (broad SMARTS) is 1. The quantitative estimate of drug-likeness (QED) is 0.523. The van der Waals surface area contributed by atoms with E-state index in [4.69, 9.17) is 4.74 Å². The molecule has 0 amide bonds. The number of aliphatic hydroxyl groups excluding tert-OH is 1. The number of methoxy groups -OCH3 is 1. The van der Waals surface area contributed by atoms with E-state index in [1.165, 1.54) is 32.1 Å². The number of aromatic nitrogens is 1. The Morgan fingerprint density at radius 1 is 1.18 bits per heavy atom. The molecule has 0 unspecified atom stereocenters. The fourth-order valence-corrected chi connectivity index (χ4v) is 5.95. The molecule has 1 aromatic carbocycles. The Kier molecular flexibility index (Phi) is 8.20. The van der Waals surface area contributed by atoms with Crippen molar-refractivity contribution in [3.8, 4) is 5.75 Å². The number of ether oxygens (including phenoxy) is 1. The topological polar surface area (TPSA) is 82.9 Å². The van der Waals surface area contributed by atoms with Crippen molar-refractivity contribution in [2.75, 3.05) is 26.7 Å². The van der Waals surface area contributed by atoms with Crippen LogP contribution in [-0.2, 0) is 4.79 Å². The highest BCUT2D eigenvalue weighted by Gasteiger charge is 2.31. The third kappa shape index (κ3) is 6.24. The number of pyridine rings is 1. The van der Waals surface area contributed by atoms with Gasteiger partial charge in [0.1, 0.15) is 5.75 Å². The van der Waals surface area contributed by atoms with Crippen LogP contribution in [0.1, 0.15) is 69.5 Å². The number of carbonyl (C=O) groups is 1. The maximum atomic E-state index is 11.6. The highest BCUT2D eigenvalue weighted by molar-refractivity contribution is 5.83. The molecule has 33 heavy (non-hydrogen) atoms. The Bertz CT molecular complexity index is 927. The Balaban J connectivity index is 1.37. The second kappa shape index (κ2) is 11.3. The van der Waals surface area contributed by atoms with Gasteiger partial charge in [-0.2, -0.15) is 0 Å². The second-order valence-corrected chi connectivity index (χ2v) is 10.0. The van der Waals surface area contributed by atoms with Gasteiger partial charge in [-0.25, -0.2) is 0 Å². The average molecular weight is 455 g/mol. The summed E-state index contributed by atoms with van der Waals surface area (Å²) in [7, 11) is 1.64. The van der Waals surface area contributed by atoms with E-state index in [9.17, 15) is 15.0 Å². The van der Waals surface area contributed by atoms with E-state index in [0.717, 1.165) is 60.6 Å². The van der Waals surface area contributed by atoms with E-state index in [2.05, 4.69) is 9.88 Å².